The topological polar surface area (TPSA) is 110 Å². The summed E-state index contributed by atoms with van der Waals surface area (Å²) in [5.74, 6) is -0.742. The molecule has 8 nitrogen and oxygen atoms in total. The van der Waals surface area contributed by atoms with Crippen LogP contribution in [0.2, 0.25) is 0 Å². The number of anilines is 2. The molecule has 0 atom stereocenters. The monoisotopic (exact) mass is 423 g/mol. The zero-order valence-corrected chi connectivity index (χ0v) is 17.5. The minimum absolute atomic E-state index is 0.216. The molecule has 1 heterocycles. The van der Waals surface area contributed by atoms with Gasteiger partial charge in [0, 0.05) is 36.1 Å². The summed E-state index contributed by atoms with van der Waals surface area (Å²) in [5, 5.41) is 6.41. The number of aromatic amines is 1. The maximum absolute atomic E-state index is 12.2. The molecule has 0 aliphatic carbocycles. The average Bonchev–Trinajstić information content (AvgIpc) is 3.15. The van der Waals surface area contributed by atoms with E-state index in [1.807, 2.05) is 30.5 Å². The first-order valence-electron chi connectivity index (χ1n) is 9.92. The Labute approximate surface area is 179 Å². The molecule has 3 rings (SSSR count). The standard InChI is InChI=1S/C23H25N3O5/c1-15(27)25-17-10-11-21(30-2)20(12-17)26-22(28)14-31-23(29)9-5-6-16-13-24-19-8-4-3-7-18(16)19/h3-4,7-8,10-13,24H,5-6,9,14H2,1-2H3,(H,25,27)(H,26,28). The Balaban J connectivity index is 1.46. The summed E-state index contributed by atoms with van der Waals surface area (Å²) >= 11 is 0. The fraction of sp³-hybridized carbons (Fsp3) is 0.261. The molecular weight excluding hydrogens is 398 g/mol. The molecule has 1 aromatic heterocycles. The Bertz CT molecular complexity index is 1090. The summed E-state index contributed by atoms with van der Waals surface area (Å²) < 4.78 is 10.3. The molecule has 0 bridgehead atoms. The first-order chi connectivity index (χ1) is 15.0. The number of nitrogens with one attached hydrogen (secondary N) is 3. The minimum atomic E-state index is -0.497. The predicted octanol–water partition coefficient (Wildman–Crippen LogP) is 3.64. The van der Waals surface area contributed by atoms with Crippen LogP contribution in [-0.4, -0.2) is 36.5 Å². The van der Waals surface area contributed by atoms with Gasteiger partial charge in [0.05, 0.1) is 12.8 Å². The van der Waals surface area contributed by atoms with Crippen LogP contribution in [0.5, 0.6) is 5.75 Å². The van der Waals surface area contributed by atoms with Crippen molar-refractivity contribution in [2.24, 2.45) is 0 Å². The fourth-order valence-corrected chi connectivity index (χ4v) is 3.25. The Morgan fingerprint density at radius 3 is 2.65 bits per heavy atom. The van der Waals surface area contributed by atoms with Crippen molar-refractivity contribution < 1.29 is 23.9 Å². The van der Waals surface area contributed by atoms with Gasteiger partial charge in [0.1, 0.15) is 5.75 Å². The van der Waals surface area contributed by atoms with Gasteiger partial charge >= 0.3 is 5.97 Å². The highest BCUT2D eigenvalue weighted by atomic mass is 16.5. The van der Waals surface area contributed by atoms with E-state index < -0.39 is 18.5 Å². The average molecular weight is 423 g/mol. The predicted molar refractivity (Wildman–Crippen MR) is 118 cm³/mol. The van der Waals surface area contributed by atoms with Crippen LogP contribution in [-0.2, 0) is 25.5 Å². The third-order valence-corrected chi connectivity index (χ3v) is 4.66. The van der Waals surface area contributed by atoms with E-state index in [1.165, 1.54) is 14.0 Å². The molecule has 31 heavy (non-hydrogen) atoms. The van der Waals surface area contributed by atoms with E-state index in [1.54, 1.807) is 18.2 Å². The number of carbonyl (C=O) groups is 3. The second-order valence-corrected chi connectivity index (χ2v) is 7.02. The van der Waals surface area contributed by atoms with Crippen LogP contribution >= 0.6 is 0 Å². The van der Waals surface area contributed by atoms with Crippen LogP contribution in [0.1, 0.15) is 25.3 Å². The molecule has 0 saturated carbocycles. The number of benzene rings is 2. The van der Waals surface area contributed by atoms with Gasteiger partial charge in [-0.1, -0.05) is 18.2 Å². The lowest BCUT2D eigenvalue weighted by Crippen LogP contribution is -2.21. The molecule has 2 aromatic carbocycles. The number of esters is 1. The number of hydrogen-bond acceptors (Lipinski definition) is 5. The SMILES string of the molecule is COc1ccc(NC(C)=O)cc1NC(=O)COC(=O)CCCc1c[nH]c2ccccc12. The van der Waals surface area contributed by atoms with Crippen molar-refractivity contribution in [3.8, 4) is 5.75 Å². The lowest BCUT2D eigenvalue weighted by Gasteiger charge is -2.12. The number of ether oxygens (including phenoxy) is 2. The van der Waals surface area contributed by atoms with Crippen molar-refractivity contribution in [2.75, 3.05) is 24.4 Å². The quantitative estimate of drug-likeness (QED) is 0.455. The molecule has 3 N–H and O–H groups in total. The number of para-hydroxylation sites is 1. The van der Waals surface area contributed by atoms with Crippen LogP contribution < -0.4 is 15.4 Å². The number of methoxy groups -OCH3 is 1. The molecule has 3 aromatic rings. The number of aryl methyl sites for hydroxylation is 1. The number of hydrogen-bond donors (Lipinski definition) is 3. The van der Waals surface area contributed by atoms with Crippen molar-refractivity contribution in [1.29, 1.82) is 0 Å². The van der Waals surface area contributed by atoms with Crippen LogP contribution in [0, 0.1) is 0 Å². The fourth-order valence-electron chi connectivity index (χ4n) is 3.25. The molecule has 8 heteroatoms. The number of carbonyl (C=O) groups excluding carboxylic acids is 3. The summed E-state index contributed by atoms with van der Waals surface area (Å²) in [6, 6.07) is 12.8. The maximum atomic E-state index is 12.2. The van der Waals surface area contributed by atoms with Crippen molar-refractivity contribution in [3.63, 3.8) is 0 Å². The van der Waals surface area contributed by atoms with Gasteiger partial charge in [0.15, 0.2) is 6.61 Å². The number of amides is 2. The van der Waals surface area contributed by atoms with E-state index in [4.69, 9.17) is 9.47 Å². The molecule has 0 unspecified atom stereocenters. The number of rotatable bonds is 9. The van der Waals surface area contributed by atoms with Crippen molar-refractivity contribution >= 4 is 40.1 Å². The molecule has 162 valence electrons. The normalized spacial score (nSPS) is 10.5. The minimum Gasteiger partial charge on any atom is -0.495 e. The van der Waals surface area contributed by atoms with E-state index in [0.717, 1.165) is 22.9 Å². The highest BCUT2D eigenvalue weighted by Gasteiger charge is 2.12. The molecule has 0 radical (unpaired) electrons. The summed E-state index contributed by atoms with van der Waals surface area (Å²) in [6.07, 6.45) is 3.52. The Kier molecular flexibility index (Phi) is 7.26. The largest absolute Gasteiger partial charge is 0.495 e. The van der Waals surface area contributed by atoms with Gasteiger partial charge in [-0.05, 0) is 42.7 Å². The number of H-pyrrole nitrogens is 1. The number of fused-ring (bicyclic) bond motifs is 1. The lowest BCUT2D eigenvalue weighted by atomic mass is 10.1. The van der Waals surface area contributed by atoms with E-state index >= 15 is 0 Å². The third-order valence-electron chi connectivity index (χ3n) is 4.66. The van der Waals surface area contributed by atoms with Gasteiger partial charge in [0.2, 0.25) is 5.91 Å². The van der Waals surface area contributed by atoms with Gasteiger partial charge in [-0.2, -0.15) is 0 Å². The van der Waals surface area contributed by atoms with E-state index in [0.29, 0.717) is 23.5 Å². The smallest absolute Gasteiger partial charge is 0.306 e. The lowest BCUT2D eigenvalue weighted by molar-refractivity contribution is -0.147. The number of aromatic nitrogens is 1. The Hall–Kier alpha value is -3.81. The molecule has 2 amide bonds. The molecule has 0 aliphatic rings. The molecule has 0 aliphatic heterocycles. The van der Waals surface area contributed by atoms with Gasteiger partial charge in [-0.15, -0.1) is 0 Å². The maximum Gasteiger partial charge on any atom is 0.306 e. The Morgan fingerprint density at radius 2 is 1.87 bits per heavy atom. The first-order valence-corrected chi connectivity index (χ1v) is 9.92. The Morgan fingerprint density at radius 1 is 1.06 bits per heavy atom. The molecular formula is C23H25N3O5. The second-order valence-electron chi connectivity index (χ2n) is 7.02. The van der Waals surface area contributed by atoms with E-state index in [9.17, 15) is 14.4 Å². The summed E-state index contributed by atoms with van der Waals surface area (Å²) in [4.78, 5) is 38.6. The van der Waals surface area contributed by atoms with Crippen LogP contribution in [0.25, 0.3) is 10.9 Å². The van der Waals surface area contributed by atoms with Gasteiger partial charge in [-0.3, -0.25) is 14.4 Å². The highest BCUT2D eigenvalue weighted by molar-refractivity contribution is 5.96. The zero-order chi connectivity index (χ0) is 22.2. The second kappa shape index (κ2) is 10.3. The van der Waals surface area contributed by atoms with Crippen molar-refractivity contribution in [3.05, 3.63) is 54.2 Å². The van der Waals surface area contributed by atoms with Crippen LogP contribution in [0.4, 0.5) is 11.4 Å². The third kappa shape index (κ3) is 6.08. The zero-order valence-electron chi connectivity index (χ0n) is 17.5. The molecule has 0 saturated heterocycles. The van der Waals surface area contributed by atoms with Crippen molar-refractivity contribution in [2.45, 2.75) is 26.2 Å². The van der Waals surface area contributed by atoms with Gasteiger partial charge < -0.3 is 25.1 Å². The van der Waals surface area contributed by atoms with Crippen molar-refractivity contribution in [1.82, 2.24) is 4.98 Å². The van der Waals surface area contributed by atoms with Crippen LogP contribution in [0.3, 0.4) is 0 Å². The summed E-state index contributed by atoms with van der Waals surface area (Å²) in [6.45, 7) is 0.986. The van der Waals surface area contributed by atoms with Crippen LogP contribution in [0.15, 0.2) is 48.7 Å². The molecule has 0 spiro atoms. The summed E-state index contributed by atoms with van der Waals surface area (Å²) in [5.41, 5.74) is 3.09. The van der Waals surface area contributed by atoms with E-state index in [-0.39, 0.29) is 12.3 Å². The molecule has 0 fully saturated rings. The first kappa shape index (κ1) is 21.9. The van der Waals surface area contributed by atoms with E-state index in [2.05, 4.69) is 15.6 Å². The van der Waals surface area contributed by atoms with Gasteiger partial charge in [-0.25, -0.2) is 0 Å². The van der Waals surface area contributed by atoms with Gasteiger partial charge in [0.25, 0.3) is 5.91 Å². The highest BCUT2D eigenvalue weighted by Crippen LogP contribution is 2.28. The summed E-state index contributed by atoms with van der Waals surface area (Å²) in [7, 11) is 1.47.